The van der Waals surface area contributed by atoms with Crippen LogP contribution in [0, 0.1) is 11.6 Å². The minimum atomic E-state index is -0.582. The van der Waals surface area contributed by atoms with Gasteiger partial charge in [0.15, 0.2) is 0 Å². The van der Waals surface area contributed by atoms with E-state index >= 15 is 0 Å². The molecule has 0 spiro atoms. The van der Waals surface area contributed by atoms with Crippen LogP contribution >= 0.6 is 11.8 Å². The zero-order chi connectivity index (χ0) is 14.8. The molecule has 0 aromatic heterocycles. The first-order valence-corrected chi connectivity index (χ1v) is 7.69. The van der Waals surface area contributed by atoms with E-state index in [1.165, 1.54) is 12.1 Å². The third-order valence-corrected chi connectivity index (χ3v) is 4.55. The van der Waals surface area contributed by atoms with E-state index in [1.54, 1.807) is 11.8 Å². The van der Waals surface area contributed by atoms with Gasteiger partial charge in [0, 0.05) is 22.8 Å². The van der Waals surface area contributed by atoms with E-state index in [1.807, 2.05) is 24.3 Å². The molecule has 5 heteroatoms. The van der Waals surface area contributed by atoms with Crippen molar-refractivity contribution in [3.8, 4) is 5.75 Å². The maximum atomic E-state index is 13.2. The summed E-state index contributed by atoms with van der Waals surface area (Å²) in [6.07, 6.45) is 0.207. The highest BCUT2D eigenvalue weighted by molar-refractivity contribution is 7.99. The Morgan fingerprint density at radius 3 is 2.67 bits per heavy atom. The fourth-order valence-corrected chi connectivity index (χ4v) is 3.47. The average Bonchev–Trinajstić information content (AvgIpc) is 2.45. The lowest BCUT2D eigenvalue weighted by Gasteiger charge is -2.29. The number of nitrogens with two attached hydrogens (primary N) is 1. The molecule has 0 bridgehead atoms. The molecular formula is C16H15F2NOS. The highest BCUT2D eigenvalue weighted by Crippen LogP contribution is 2.35. The second kappa shape index (κ2) is 6.03. The molecular weight excluding hydrogens is 292 g/mol. The number of rotatable bonds is 3. The van der Waals surface area contributed by atoms with Gasteiger partial charge in [-0.3, -0.25) is 0 Å². The molecule has 1 heterocycles. The maximum absolute atomic E-state index is 13.2. The quantitative estimate of drug-likeness (QED) is 0.944. The van der Waals surface area contributed by atoms with E-state index < -0.39 is 11.6 Å². The van der Waals surface area contributed by atoms with Crippen LogP contribution in [0.1, 0.15) is 5.56 Å². The molecule has 0 saturated heterocycles. The highest BCUT2D eigenvalue weighted by atomic mass is 32.2. The Hall–Kier alpha value is -1.59. The van der Waals surface area contributed by atoms with Gasteiger partial charge in [-0.15, -0.1) is 11.8 Å². The van der Waals surface area contributed by atoms with Crippen LogP contribution in [-0.2, 0) is 6.42 Å². The van der Waals surface area contributed by atoms with Crippen LogP contribution in [0.15, 0.2) is 47.4 Å². The van der Waals surface area contributed by atoms with Crippen LogP contribution in [0.2, 0.25) is 0 Å². The fourth-order valence-electron chi connectivity index (χ4n) is 2.38. The summed E-state index contributed by atoms with van der Waals surface area (Å²) in [4.78, 5) is 1.10. The van der Waals surface area contributed by atoms with Gasteiger partial charge >= 0.3 is 0 Å². The summed E-state index contributed by atoms with van der Waals surface area (Å²) < 4.78 is 32.3. The molecule has 2 aromatic rings. The summed E-state index contributed by atoms with van der Waals surface area (Å²) in [6, 6.07) is 11.0. The molecule has 0 amide bonds. The van der Waals surface area contributed by atoms with Crippen molar-refractivity contribution >= 4 is 11.8 Å². The lowest BCUT2D eigenvalue weighted by molar-refractivity contribution is 0.184. The van der Waals surface area contributed by atoms with Gasteiger partial charge in [0.25, 0.3) is 0 Å². The minimum absolute atomic E-state index is 0.170. The van der Waals surface area contributed by atoms with Crippen LogP contribution < -0.4 is 10.5 Å². The lowest BCUT2D eigenvalue weighted by Crippen LogP contribution is -2.43. The number of para-hydroxylation sites is 1. The first-order valence-electron chi connectivity index (χ1n) is 6.71. The number of fused-ring (bicyclic) bond motifs is 1. The van der Waals surface area contributed by atoms with Crippen molar-refractivity contribution in [1.29, 1.82) is 0 Å². The van der Waals surface area contributed by atoms with Gasteiger partial charge in [0.2, 0.25) is 0 Å². The number of hydrogen-bond donors (Lipinski definition) is 1. The van der Waals surface area contributed by atoms with Crippen molar-refractivity contribution in [2.75, 3.05) is 5.75 Å². The summed E-state index contributed by atoms with van der Waals surface area (Å²) in [6.45, 7) is 0. The van der Waals surface area contributed by atoms with E-state index in [-0.39, 0.29) is 12.1 Å². The summed E-state index contributed by atoms with van der Waals surface area (Å²) in [5.74, 6) is 0.387. The molecule has 3 rings (SSSR count). The Bertz CT molecular complexity index is 630. The number of ether oxygens (including phenoxy) is 1. The van der Waals surface area contributed by atoms with E-state index in [2.05, 4.69) is 0 Å². The highest BCUT2D eigenvalue weighted by Gasteiger charge is 2.26. The number of thioether (sulfide) groups is 1. The zero-order valence-corrected chi connectivity index (χ0v) is 12.1. The Morgan fingerprint density at radius 1 is 1.19 bits per heavy atom. The van der Waals surface area contributed by atoms with Gasteiger partial charge in [0.1, 0.15) is 23.5 Å². The Balaban J connectivity index is 1.70. The van der Waals surface area contributed by atoms with Gasteiger partial charge in [-0.25, -0.2) is 8.78 Å². The SMILES string of the molecule is NC(Cc1cc(F)cc(F)c1)C1CSc2ccccc2O1. The van der Waals surface area contributed by atoms with E-state index in [0.717, 1.165) is 22.5 Å². The van der Waals surface area contributed by atoms with Crippen molar-refractivity contribution in [1.82, 2.24) is 0 Å². The van der Waals surface area contributed by atoms with Crippen molar-refractivity contribution in [2.24, 2.45) is 5.73 Å². The van der Waals surface area contributed by atoms with Crippen molar-refractivity contribution in [3.05, 3.63) is 59.7 Å². The summed E-state index contributed by atoms with van der Waals surface area (Å²) >= 11 is 1.69. The predicted molar refractivity (Wildman–Crippen MR) is 79.6 cm³/mol. The van der Waals surface area contributed by atoms with Crippen LogP contribution in [0.25, 0.3) is 0 Å². The Kier molecular flexibility index (Phi) is 4.12. The average molecular weight is 307 g/mol. The molecule has 0 aliphatic carbocycles. The normalized spacial score (nSPS) is 18.7. The van der Waals surface area contributed by atoms with Gasteiger partial charge in [-0.2, -0.15) is 0 Å². The molecule has 110 valence electrons. The lowest BCUT2D eigenvalue weighted by atomic mass is 10.0. The third kappa shape index (κ3) is 3.36. The van der Waals surface area contributed by atoms with E-state index in [0.29, 0.717) is 12.0 Å². The number of halogens is 2. The molecule has 21 heavy (non-hydrogen) atoms. The van der Waals surface area contributed by atoms with Gasteiger partial charge in [-0.1, -0.05) is 12.1 Å². The van der Waals surface area contributed by atoms with E-state index in [9.17, 15) is 8.78 Å². The molecule has 2 N–H and O–H groups in total. The fraction of sp³-hybridized carbons (Fsp3) is 0.250. The van der Waals surface area contributed by atoms with Gasteiger partial charge in [-0.05, 0) is 36.2 Å². The largest absolute Gasteiger partial charge is 0.487 e. The molecule has 0 radical (unpaired) electrons. The molecule has 0 saturated carbocycles. The molecule has 2 nitrogen and oxygen atoms in total. The van der Waals surface area contributed by atoms with Crippen molar-refractivity contribution < 1.29 is 13.5 Å². The van der Waals surface area contributed by atoms with E-state index in [4.69, 9.17) is 10.5 Å². The zero-order valence-electron chi connectivity index (χ0n) is 11.3. The standard InChI is InChI=1S/C16H15F2NOS/c17-11-5-10(6-12(18)8-11)7-13(19)15-9-21-16-4-2-1-3-14(16)20-15/h1-6,8,13,15H,7,9,19H2. The van der Waals surface area contributed by atoms with Crippen LogP contribution in [0.4, 0.5) is 8.78 Å². The Morgan fingerprint density at radius 2 is 1.90 bits per heavy atom. The second-order valence-electron chi connectivity index (χ2n) is 5.06. The molecule has 0 fully saturated rings. The van der Waals surface area contributed by atoms with Crippen molar-refractivity contribution in [3.63, 3.8) is 0 Å². The maximum Gasteiger partial charge on any atom is 0.133 e. The van der Waals surface area contributed by atoms with Crippen LogP contribution in [0.5, 0.6) is 5.75 Å². The third-order valence-electron chi connectivity index (χ3n) is 3.40. The monoisotopic (exact) mass is 307 g/mol. The smallest absolute Gasteiger partial charge is 0.133 e. The number of benzene rings is 2. The van der Waals surface area contributed by atoms with Gasteiger partial charge < -0.3 is 10.5 Å². The predicted octanol–water partition coefficient (Wildman–Crippen LogP) is 3.39. The second-order valence-corrected chi connectivity index (χ2v) is 6.12. The Labute approximate surface area is 126 Å². The topological polar surface area (TPSA) is 35.2 Å². The first kappa shape index (κ1) is 14.4. The van der Waals surface area contributed by atoms with Crippen LogP contribution in [-0.4, -0.2) is 17.9 Å². The van der Waals surface area contributed by atoms with Crippen molar-refractivity contribution in [2.45, 2.75) is 23.5 Å². The number of hydrogen-bond acceptors (Lipinski definition) is 3. The summed E-state index contributed by atoms with van der Waals surface area (Å²) in [5, 5.41) is 0. The molecule has 1 aliphatic rings. The van der Waals surface area contributed by atoms with Crippen LogP contribution in [0.3, 0.4) is 0 Å². The van der Waals surface area contributed by atoms with Gasteiger partial charge in [0.05, 0.1) is 0 Å². The molecule has 2 aromatic carbocycles. The molecule has 2 atom stereocenters. The minimum Gasteiger partial charge on any atom is -0.487 e. The summed E-state index contributed by atoms with van der Waals surface area (Å²) in [5.41, 5.74) is 6.70. The summed E-state index contributed by atoms with van der Waals surface area (Å²) in [7, 11) is 0. The molecule has 2 unspecified atom stereocenters. The molecule has 1 aliphatic heterocycles. The first-order chi connectivity index (χ1) is 10.1.